The Labute approximate surface area is 345 Å². The molecule has 0 atom stereocenters. The molecule has 0 amide bonds. The summed E-state index contributed by atoms with van der Waals surface area (Å²) in [7, 11) is 0. The van der Waals surface area contributed by atoms with E-state index in [4.69, 9.17) is 9.97 Å². The Hall–Kier alpha value is -4.41. The predicted molar refractivity (Wildman–Crippen MR) is 231 cm³/mol. The van der Waals surface area contributed by atoms with Gasteiger partial charge in [-0.1, -0.05) is 143 Å². The number of aromatic nitrogens is 2. The molecule has 0 fully saturated rings. The van der Waals surface area contributed by atoms with E-state index < -0.39 is 0 Å². The van der Waals surface area contributed by atoms with Crippen molar-refractivity contribution in [1.82, 2.24) is 9.97 Å². The van der Waals surface area contributed by atoms with Crippen LogP contribution in [0.5, 0.6) is 0 Å². The van der Waals surface area contributed by atoms with E-state index in [2.05, 4.69) is 191 Å². The fraction of sp³-hybridized carbons (Fsp3) is 0.314. The maximum absolute atomic E-state index is 5.34. The molecule has 0 unspecified atom stereocenters. The zero-order valence-corrected chi connectivity index (χ0v) is 36.7. The number of hydrogen-bond donors (Lipinski definition) is 0. The molecule has 0 saturated heterocycles. The molecule has 2 aromatic heterocycles. The Morgan fingerprint density at radius 1 is 0.509 bits per heavy atom. The van der Waals surface area contributed by atoms with Gasteiger partial charge in [0.2, 0.25) is 0 Å². The molecule has 284 valence electrons. The Balaban J connectivity index is 0.00000514. The Morgan fingerprint density at radius 2 is 1.05 bits per heavy atom. The van der Waals surface area contributed by atoms with Gasteiger partial charge in [-0.25, -0.2) is 10.5 Å². The third-order valence-corrected chi connectivity index (χ3v) is 10.5. The molecule has 7 aromatic rings. The molecule has 55 heavy (non-hydrogen) atoms. The largest absolute Gasteiger partial charge is 3.00 e. The zero-order valence-electron chi connectivity index (χ0n) is 34.5. The van der Waals surface area contributed by atoms with E-state index in [0.717, 1.165) is 50.5 Å². The first-order valence-corrected chi connectivity index (χ1v) is 19.3. The van der Waals surface area contributed by atoms with Crippen molar-refractivity contribution in [1.29, 1.82) is 0 Å². The summed E-state index contributed by atoms with van der Waals surface area (Å²) in [6.07, 6.45) is 1.85. The first-order chi connectivity index (χ1) is 25.3. The Bertz CT molecular complexity index is 2420. The first kappa shape index (κ1) is 40.3. The van der Waals surface area contributed by atoms with E-state index >= 15 is 0 Å². The van der Waals surface area contributed by atoms with Gasteiger partial charge in [-0.15, -0.1) is 34.3 Å². The smallest absolute Gasteiger partial charge is 0.663 e. The number of nitrogens with zero attached hydrogens (tertiary/aromatic N) is 3. The average Bonchev–Trinajstić information content (AvgIpc) is 3.49. The molecule has 0 bridgehead atoms. The summed E-state index contributed by atoms with van der Waals surface area (Å²) in [4.78, 5) is 12.4. The van der Waals surface area contributed by atoms with Crippen molar-refractivity contribution in [2.45, 2.75) is 105 Å². The zero-order chi connectivity index (χ0) is 38.8. The number of anilines is 3. The monoisotopic (exact) mass is 905 g/mol. The maximum Gasteiger partial charge on any atom is 3.00 e. The first-order valence-electron chi connectivity index (χ1n) is 19.3. The van der Waals surface area contributed by atoms with E-state index in [0.29, 0.717) is 0 Å². The van der Waals surface area contributed by atoms with Crippen molar-refractivity contribution in [3.63, 3.8) is 0 Å². The van der Waals surface area contributed by atoms with Gasteiger partial charge in [0.15, 0.2) is 0 Å². The minimum atomic E-state index is -0.117. The number of pyridine rings is 1. The Morgan fingerprint density at radius 3 is 1.65 bits per heavy atom. The molecule has 0 spiro atoms. The second-order valence-electron chi connectivity index (χ2n) is 19.0. The SMILES string of the molecule is CC(C)(C)c1cc(-c2[c-]c(N(c3ccccc3)c3ccccn3)cc(C(C)(C)C)c2)[c-]c(-c2cc(C(C)(C)C)cc3c2[n-]c2ccc(C(C)(C)C)cc23)c1.[Au+3]. The van der Waals surface area contributed by atoms with Gasteiger partial charge in [-0.05, 0) is 73.5 Å². The quantitative estimate of drug-likeness (QED) is 0.127. The van der Waals surface area contributed by atoms with Crippen molar-refractivity contribution in [3.8, 4) is 22.3 Å². The van der Waals surface area contributed by atoms with Gasteiger partial charge in [0.05, 0.1) is 0 Å². The molecule has 0 aliphatic carbocycles. The summed E-state index contributed by atoms with van der Waals surface area (Å²) >= 11 is 0. The van der Waals surface area contributed by atoms with Crippen LogP contribution in [-0.4, -0.2) is 4.98 Å². The standard InChI is InChI=1S/C51H54N3.Au/c1-48(2,3)36-21-22-45-43(30-36)44-32-39(51(10,11)12)31-42(47(44)53-45)35-24-33(25-37(27-35)49(4,5)6)34-26-38(50(7,8)9)29-41(28-34)54(40-18-14-13-15-19-40)46-20-16-17-23-52-46;/h13-23,25-27,29-32H,1-12H3;/q-3;+3. The molecule has 0 aliphatic heterocycles. The van der Waals surface area contributed by atoms with Crippen molar-refractivity contribution in [3.05, 3.63) is 144 Å². The number of para-hydroxylation sites is 1. The number of fused-ring (bicyclic) bond motifs is 3. The van der Waals surface area contributed by atoms with Gasteiger partial charge in [-0.2, -0.15) is 35.3 Å². The van der Waals surface area contributed by atoms with Gasteiger partial charge >= 0.3 is 22.4 Å². The minimum absolute atomic E-state index is 0. The molecule has 0 aliphatic rings. The van der Waals surface area contributed by atoms with Crippen molar-refractivity contribution in [2.75, 3.05) is 4.90 Å². The fourth-order valence-electron chi connectivity index (χ4n) is 7.04. The van der Waals surface area contributed by atoms with E-state index in [1.165, 1.54) is 33.0 Å². The average molecular weight is 906 g/mol. The molecule has 2 heterocycles. The third-order valence-electron chi connectivity index (χ3n) is 10.5. The normalized spacial score (nSPS) is 12.6. The topological polar surface area (TPSA) is 30.2 Å². The summed E-state index contributed by atoms with van der Waals surface area (Å²) in [6, 6.07) is 45.1. The summed E-state index contributed by atoms with van der Waals surface area (Å²) in [5.41, 5.74) is 13.0. The van der Waals surface area contributed by atoms with E-state index in [1.54, 1.807) is 0 Å². The molecule has 3 nitrogen and oxygen atoms in total. The molecular weight excluding hydrogens is 852 g/mol. The van der Waals surface area contributed by atoms with Crippen molar-refractivity contribution < 1.29 is 22.4 Å². The molecule has 0 N–H and O–H groups in total. The molecule has 4 heteroatoms. The van der Waals surface area contributed by atoms with Crippen molar-refractivity contribution >= 4 is 39.0 Å². The van der Waals surface area contributed by atoms with Crippen LogP contribution in [0, 0.1) is 12.1 Å². The van der Waals surface area contributed by atoms with Crippen LogP contribution in [0.1, 0.15) is 105 Å². The molecule has 5 aromatic carbocycles. The summed E-state index contributed by atoms with van der Waals surface area (Å²) in [5.74, 6) is 0.843. The van der Waals surface area contributed by atoms with Crippen LogP contribution in [0.4, 0.5) is 17.2 Å². The van der Waals surface area contributed by atoms with E-state index in [9.17, 15) is 0 Å². The second kappa shape index (κ2) is 14.6. The second-order valence-corrected chi connectivity index (χ2v) is 19.0. The Kier molecular flexibility index (Phi) is 10.7. The minimum Gasteiger partial charge on any atom is -0.663 e. The van der Waals surface area contributed by atoms with Crippen molar-refractivity contribution in [2.24, 2.45) is 0 Å². The van der Waals surface area contributed by atoms with E-state index in [1.807, 2.05) is 18.3 Å². The van der Waals surface area contributed by atoms with Crippen LogP contribution < -0.4 is 9.88 Å². The van der Waals surface area contributed by atoms with Gasteiger partial charge < -0.3 is 9.88 Å². The van der Waals surface area contributed by atoms with Crippen LogP contribution in [0.3, 0.4) is 0 Å². The number of benzene rings is 5. The van der Waals surface area contributed by atoms with Gasteiger partial charge in [0.25, 0.3) is 0 Å². The van der Waals surface area contributed by atoms with Gasteiger partial charge in [0, 0.05) is 11.9 Å². The fourth-order valence-corrected chi connectivity index (χ4v) is 7.04. The molecule has 7 rings (SSSR count). The van der Waals surface area contributed by atoms with Gasteiger partial charge in [-0.3, -0.25) is 0 Å². The number of rotatable bonds is 5. The third kappa shape index (κ3) is 8.26. The van der Waals surface area contributed by atoms with Crippen LogP contribution >= 0.6 is 0 Å². The molecule has 0 radical (unpaired) electrons. The predicted octanol–water partition coefficient (Wildman–Crippen LogP) is 13.9. The molecular formula is C51H54AuN3. The van der Waals surface area contributed by atoms with Gasteiger partial charge in [0.1, 0.15) is 5.82 Å². The summed E-state index contributed by atoms with van der Waals surface area (Å²) in [6.45, 7) is 27.4. The van der Waals surface area contributed by atoms with Crippen LogP contribution in [-0.2, 0) is 44.0 Å². The van der Waals surface area contributed by atoms with Crippen LogP contribution in [0.2, 0.25) is 0 Å². The number of hydrogen-bond acceptors (Lipinski definition) is 2. The van der Waals surface area contributed by atoms with E-state index in [-0.39, 0.29) is 44.0 Å². The van der Waals surface area contributed by atoms with Crippen LogP contribution in [0.25, 0.3) is 44.1 Å². The summed E-state index contributed by atoms with van der Waals surface area (Å²) < 4.78 is 0. The van der Waals surface area contributed by atoms with Crippen LogP contribution in [0.15, 0.2) is 109 Å². The summed E-state index contributed by atoms with van der Waals surface area (Å²) in [5, 5.41) is 2.41. The maximum atomic E-state index is 5.34. The molecule has 0 saturated carbocycles.